The van der Waals surface area contributed by atoms with Gasteiger partial charge in [-0.3, -0.25) is 4.79 Å². The van der Waals surface area contributed by atoms with Gasteiger partial charge in [-0.15, -0.1) is 6.58 Å². The van der Waals surface area contributed by atoms with E-state index in [0.717, 1.165) is 0 Å². The highest BCUT2D eigenvalue weighted by Crippen LogP contribution is 2.35. The average Bonchev–Trinajstić information content (AvgIpc) is 2.93. The smallest absolute Gasteiger partial charge is 0.266 e. The van der Waals surface area contributed by atoms with Gasteiger partial charge in [0.05, 0.1) is 12.7 Å². The number of hydrogen-bond acceptors (Lipinski definition) is 5. The lowest BCUT2D eigenvalue weighted by Gasteiger charge is -2.49. The van der Waals surface area contributed by atoms with Crippen molar-refractivity contribution in [3.8, 4) is 5.75 Å². The summed E-state index contributed by atoms with van der Waals surface area (Å²) in [5.74, 6) is -0.202. The van der Waals surface area contributed by atoms with Gasteiger partial charge in [0.1, 0.15) is 17.9 Å². The number of rotatable bonds is 7. The Morgan fingerprint density at radius 1 is 1.44 bits per heavy atom. The van der Waals surface area contributed by atoms with Crippen molar-refractivity contribution < 1.29 is 24.1 Å². The van der Waals surface area contributed by atoms with E-state index in [4.69, 9.17) is 14.2 Å². The molecule has 2 aliphatic heterocycles. The van der Waals surface area contributed by atoms with E-state index in [9.17, 15) is 9.90 Å². The second-order valence-corrected chi connectivity index (χ2v) is 6.88. The van der Waals surface area contributed by atoms with Gasteiger partial charge in [-0.05, 0) is 32.4 Å². The molecule has 0 radical (unpaired) electrons. The molecule has 4 atom stereocenters. The SMILES string of the molecule is C=CC[C@H](O)CN1C(=O)[C@H](Oc2ccccc2)[C@@H]1[C@H]1COC(C)(C)O1. The average molecular weight is 347 g/mol. The third kappa shape index (κ3) is 3.86. The molecule has 1 aromatic rings. The van der Waals surface area contributed by atoms with Crippen LogP contribution in [0.15, 0.2) is 43.0 Å². The first-order valence-corrected chi connectivity index (χ1v) is 8.54. The van der Waals surface area contributed by atoms with Crippen LogP contribution in [0.5, 0.6) is 5.75 Å². The molecule has 2 saturated heterocycles. The third-order valence-electron chi connectivity index (χ3n) is 4.46. The van der Waals surface area contributed by atoms with Crippen LogP contribution in [0.4, 0.5) is 0 Å². The van der Waals surface area contributed by atoms with Crippen molar-refractivity contribution in [1.29, 1.82) is 0 Å². The number of amides is 1. The summed E-state index contributed by atoms with van der Waals surface area (Å²) in [6.07, 6.45) is 0.476. The molecule has 2 fully saturated rings. The summed E-state index contributed by atoms with van der Waals surface area (Å²) in [7, 11) is 0. The number of ether oxygens (including phenoxy) is 3. The van der Waals surface area contributed by atoms with Crippen LogP contribution in [0.25, 0.3) is 0 Å². The number of aliphatic hydroxyl groups excluding tert-OH is 1. The molecular weight excluding hydrogens is 322 g/mol. The summed E-state index contributed by atoms with van der Waals surface area (Å²) in [5.41, 5.74) is 0. The highest BCUT2D eigenvalue weighted by Gasteiger charge is 2.56. The summed E-state index contributed by atoms with van der Waals surface area (Å²) in [6, 6.07) is 8.94. The van der Waals surface area contributed by atoms with Crippen LogP contribution in [0, 0.1) is 0 Å². The van der Waals surface area contributed by atoms with Gasteiger partial charge in [0.25, 0.3) is 5.91 Å². The topological polar surface area (TPSA) is 68.2 Å². The van der Waals surface area contributed by atoms with E-state index in [1.165, 1.54) is 0 Å². The van der Waals surface area contributed by atoms with Crippen LogP contribution < -0.4 is 4.74 Å². The van der Waals surface area contributed by atoms with Gasteiger partial charge in [0, 0.05) is 6.54 Å². The lowest BCUT2D eigenvalue weighted by Crippen LogP contribution is -2.72. The van der Waals surface area contributed by atoms with Gasteiger partial charge in [-0.1, -0.05) is 24.3 Å². The standard InChI is InChI=1S/C19H25NO5/c1-4-8-13(21)11-20-16(15-12-23-19(2,3)25-15)17(18(20)22)24-14-9-6-5-7-10-14/h4-7,9-10,13,15-17,21H,1,8,11-12H2,2-3H3/t13-,15+,16-,17+/m0/s1. The molecule has 1 N–H and O–H groups in total. The molecule has 6 nitrogen and oxygen atoms in total. The van der Waals surface area contributed by atoms with Gasteiger partial charge in [0.15, 0.2) is 11.9 Å². The van der Waals surface area contributed by atoms with E-state index in [1.807, 2.05) is 44.2 Å². The van der Waals surface area contributed by atoms with Crippen molar-refractivity contribution in [1.82, 2.24) is 4.90 Å². The molecule has 6 heteroatoms. The number of likely N-dealkylation sites (tertiary alicyclic amines) is 1. The van der Waals surface area contributed by atoms with Crippen LogP contribution in [0.3, 0.4) is 0 Å². The Balaban J connectivity index is 1.75. The van der Waals surface area contributed by atoms with E-state index in [-0.39, 0.29) is 24.6 Å². The Kier molecular flexibility index (Phi) is 5.13. The Morgan fingerprint density at radius 2 is 2.16 bits per heavy atom. The minimum Gasteiger partial charge on any atom is -0.478 e. The van der Waals surface area contributed by atoms with Crippen molar-refractivity contribution >= 4 is 5.91 Å². The predicted molar refractivity (Wildman–Crippen MR) is 92.1 cm³/mol. The van der Waals surface area contributed by atoms with E-state index >= 15 is 0 Å². The van der Waals surface area contributed by atoms with Crippen LogP contribution in [-0.4, -0.2) is 59.2 Å². The van der Waals surface area contributed by atoms with E-state index in [1.54, 1.807) is 11.0 Å². The molecule has 0 aliphatic carbocycles. The molecule has 0 spiro atoms. The summed E-state index contributed by atoms with van der Waals surface area (Å²) in [4.78, 5) is 14.2. The maximum atomic E-state index is 12.6. The monoisotopic (exact) mass is 347 g/mol. The van der Waals surface area contributed by atoms with Crippen molar-refractivity contribution in [3.63, 3.8) is 0 Å². The Morgan fingerprint density at radius 3 is 2.76 bits per heavy atom. The van der Waals surface area contributed by atoms with Gasteiger partial charge in [-0.25, -0.2) is 0 Å². The first kappa shape index (κ1) is 17.9. The van der Waals surface area contributed by atoms with Gasteiger partial charge in [-0.2, -0.15) is 0 Å². The number of β-amino-alcohol motifs (C(OH)–C–C–N with tert-alkyl or cyclic N) is 1. The van der Waals surface area contributed by atoms with Crippen molar-refractivity contribution in [2.45, 2.75) is 50.4 Å². The third-order valence-corrected chi connectivity index (χ3v) is 4.46. The molecule has 0 bridgehead atoms. The van der Waals surface area contributed by atoms with E-state index < -0.39 is 18.0 Å². The fraction of sp³-hybridized carbons (Fsp3) is 0.526. The summed E-state index contributed by atoms with van der Waals surface area (Å²) < 4.78 is 17.5. The number of β-lactam (4-membered cyclic amide) rings is 1. The highest BCUT2D eigenvalue weighted by molar-refractivity contribution is 5.89. The fourth-order valence-electron chi connectivity index (χ4n) is 3.29. The van der Waals surface area contributed by atoms with Crippen LogP contribution >= 0.6 is 0 Å². The first-order valence-electron chi connectivity index (χ1n) is 8.54. The Bertz CT molecular complexity index is 618. The number of para-hydroxylation sites is 1. The summed E-state index contributed by atoms with van der Waals surface area (Å²) >= 11 is 0. The van der Waals surface area contributed by atoms with Crippen LogP contribution in [0.2, 0.25) is 0 Å². The largest absolute Gasteiger partial charge is 0.478 e. The lowest BCUT2D eigenvalue weighted by atomic mass is 9.91. The fourth-order valence-corrected chi connectivity index (χ4v) is 3.29. The highest BCUT2D eigenvalue weighted by atomic mass is 16.7. The van der Waals surface area contributed by atoms with Gasteiger partial charge >= 0.3 is 0 Å². The number of carbonyl (C=O) groups excluding carboxylic acids is 1. The quantitative estimate of drug-likeness (QED) is 0.601. The Hall–Kier alpha value is -1.89. The zero-order valence-electron chi connectivity index (χ0n) is 14.6. The second kappa shape index (κ2) is 7.15. The lowest BCUT2D eigenvalue weighted by molar-refractivity contribution is -0.188. The number of nitrogens with zero attached hydrogens (tertiary/aromatic N) is 1. The summed E-state index contributed by atoms with van der Waals surface area (Å²) in [6.45, 7) is 7.92. The number of aliphatic hydroxyl groups is 1. The molecule has 1 aromatic carbocycles. The van der Waals surface area contributed by atoms with Gasteiger partial charge < -0.3 is 24.2 Å². The molecule has 0 unspecified atom stereocenters. The normalized spacial score (nSPS) is 29.2. The predicted octanol–water partition coefficient (Wildman–Crippen LogP) is 1.73. The number of carbonyl (C=O) groups is 1. The molecule has 3 rings (SSSR count). The summed E-state index contributed by atoms with van der Waals surface area (Å²) in [5, 5.41) is 10.1. The Labute approximate surface area is 148 Å². The molecule has 1 amide bonds. The molecule has 136 valence electrons. The van der Waals surface area contributed by atoms with Gasteiger partial charge in [0.2, 0.25) is 0 Å². The number of benzene rings is 1. The maximum Gasteiger partial charge on any atom is 0.266 e. The van der Waals surface area contributed by atoms with Crippen molar-refractivity contribution in [2.24, 2.45) is 0 Å². The first-order chi connectivity index (χ1) is 11.9. The van der Waals surface area contributed by atoms with E-state index in [0.29, 0.717) is 18.8 Å². The zero-order valence-corrected chi connectivity index (χ0v) is 14.6. The molecule has 25 heavy (non-hydrogen) atoms. The van der Waals surface area contributed by atoms with Crippen LogP contribution in [0.1, 0.15) is 20.3 Å². The molecular formula is C19H25NO5. The zero-order chi connectivity index (χ0) is 18.0. The minimum atomic E-state index is -0.688. The number of hydrogen-bond donors (Lipinski definition) is 1. The second-order valence-electron chi connectivity index (χ2n) is 6.88. The molecule has 2 heterocycles. The van der Waals surface area contributed by atoms with Crippen molar-refractivity contribution in [2.75, 3.05) is 13.2 Å². The minimum absolute atomic E-state index is 0.148. The molecule has 0 saturated carbocycles. The van der Waals surface area contributed by atoms with E-state index in [2.05, 4.69) is 6.58 Å². The maximum absolute atomic E-state index is 12.6. The molecule has 0 aromatic heterocycles. The van der Waals surface area contributed by atoms with Crippen LogP contribution in [-0.2, 0) is 14.3 Å². The molecule has 2 aliphatic rings. The van der Waals surface area contributed by atoms with Crippen molar-refractivity contribution in [3.05, 3.63) is 43.0 Å².